The molecule has 0 saturated heterocycles. The van der Waals surface area contributed by atoms with Crippen LogP contribution in [0.15, 0.2) is 29.8 Å². The second-order valence-corrected chi connectivity index (χ2v) is 5.58. The highest BCUT2D eigenvalue weighted by atomic mass is 32.1. The van der Waals surface area contributed by atoms with Gasteiger partial charge in [-0.2, -0.15) is 0 Å². The summed E-state index contributed by atoms with van der Waals surface area (Å²) in [5.74, 6) is 0. The highest BCUT2D eigenvalue weighted by Gasteiger charge is 2.14. The van der Waals surface area contributed by atoms with E-state index in [1.165, 1.54) is 21.7 Å². The molecule has 0 spiro atoms. The first-order chi connectivity index (χ1) is 8.70. The second-order valence-electron chi connectivity index (χ2n) is 4.60. The molecule has 96 valence electrons. The first-order valence-corrected chi connectivity index (χ1v) is 7.27. The van der Waals surface area contributed by atoms with Crippen LogP contribution in [0, 0.1) is 13.8 Å². The molecule has 1 aromatic heterocycles. The summed E-state index contributed by atoms with van der Waals surface area (Å²) >= 11 is 1.73. The average Bonchev–Trinajstić information content (AvgIpc) is 2.85. The van der Waals surface area contributed by atoms with Crippen LogP contribution < -0.4 is 5.32 Å². The van der Waals surface area contributed by atoms with Gasteiger partial charge in [-0.05, 0) is 31.5 Å². The van der Waals surface area contributed by atoms with Crippen molar-refractivity contribution in [3.63, 3.8) is 0 Å². The largest absolute Gasteiger partial charge is 0.310 e. The minimum Gasteiger partial charge on any atom is -0.310 e. The summed E-state index contributed by atoms with van der Waals surface area (Å²) in [5.41, 5.74) is 4.06. The lowest BCUT2D eigenvalue weighted by molar-refractivity contribution is 0.546. The van der Waals surface area contributed by atoms with Gasteiger partial charge >= 0.3 is 0 Å². The third kappa shape index (κ3) is 3.18. The molecule has 0 aliphatic carbocycles. The number of hydrogen-bond donors (Lipinski definition) is 1. The van der Waals surface area contributed by atoms with E-state index in [-0.39, 0.29) is 0 Å². The molecular formula is C15H20N2S. The Kier molecular flexibility index (Phi) is 4.50. The number of nitrogens with zero attached hydrogens (tertiary/aromatic N) is 1. The maximum absolute atomic E-state index is 4.39. The minimum absolute atomic E-state index is 0.362. The molecule has 2 aromatic rings. The Morgan fingerprint density at radius 3 is 2.83 bits per heavy atom. The Balaban J connectivity index is 2.26. The van der Waals surface area contributed by atoms with Gasteiger partial charge in [-0.3, -0.25) is 0 Å². The van der Waals surface area contributed by atoms with Crippen LogP contribution in [0.25, 0.3) is 0 Å². The Morgan fingerprint density at radius 1 is 1.33 bits per heavy atom. The van der Waals surface area contributed by atoms with E-state index >= 15 is 0 Å². The standard InChI is InChI=1S/C15H20N2S/c1-4-16-14(10-15-17-7-8-18-15)13-9-11(2)5-6-12(13)3/h5-9,14,16H,4,10H2,1-3H3. The third-order valence-electron chi connectivity index (χ3n) is 3.12. The summed E-state index contributed by atoms with van der Waals surface area (Å²) in [6.45, 7) is 7.46. The maximum atomic E-state index is 4.39. The number of aromatic nitrogens is 1. The van der Waals surface area contributed by atoms with Gasteiger partial charge in [-0.15, -0.1) is 11.3 Å². The van der Waals surface area contributed by atoms with Crippen LogP contribution in [0.3, 0.4) is 0 Å². The SMILES string of the molecule is CCNC(Cc1nccs1)c1cc(C)ccc1C. The summed E-state index contributed by atoms with van der Waals surface area (Å²) in [7, 11) is 0. The summed E-state index contributed by atoms with van der Waals surface area (Å²) in [5, 5.41) is 6.81. The molecule has 0 radical (unpaired) electrons. The van der Waals surface area contributed by atoms with Gasteiger partial charge in [0.15, 0.2) is 0 Å². The molecule has 18 heavy (non-hydrogen) atoms. The molecule has 1 heterocycles. The van der Waals surface area contributed by atoms with Crippen LogP contribution >= 0.6 is 11.3 Å². The molecule has 1 unspecified atom stereocenters. The van der Waals surface area contributed by atoms with Gasteiger partial charge in [0.25, 0.3) is 0 Å². The van der Waals surface area contributed by atoms with Crippen molar-refractivity contribution in [2.24, 2.45) is 0 Å². The first-order valence-electron chi connectivity index (χ1n) is 6.39. The van der Waals surface area contributed by atoms with Crippen LogP contribution in [0.2, 0.25) is 0 Å². The van der Waals surface area contributed by atoms with E-state index in [4.69, 9.17) is 0 Å². The van der Waals surface area contributed by atoms with Crippen LogP contribution in [0.4, 0.5) is 0 Å². The van der Waals surface area contributed by atoms with Crippen molar-refractivity contribution in [1.82, 2.24) is 10.3 Å². The van der Waals surface area contributed by atoms with Crippen LogP contribution in [0.5, 0.6) is 0 Å². The van der Waals surface area contributed by atoms with Gasteiger partial charge < -0.3 is 5.32 Å². The monoisotopic (exact) mass is 260 g/mol. The molecule has 0 amide bonds. The van der Waals surface area contributed by atoms with Gasteiger partial charge in [0, 0.05) is 24.0 Å². The minimum atomic E-state index is 0.362. The van der Waals surface area contributed by atoms with Gasteiger partial charge in [0.2, 0.25) is 0 Å². The van der Waals surface area contributed by atoms with Crippen molar-refractivity contribution in [3.8, 4) is 0 Å². The summed E-state index contributed by atoms with van der Waals surface area (Å²) in [4.78, 5) is 4.39. The molecule has 2 rings (SSSR count). The van der Waals surface area contributed by atoms with Crippen molar-refractivity contribution in [1.29, 1.82) is 0 Å². The fourth-order valence-corrected chi connectivity index (χ4v) is 2.87. The highest BCUT2D eigenvalue weighted by molar-refractivity contribution is 7.09. The molecule has 0 bridgehead atoms. The molecule has 1 atom stereocenters. The smallest absolute Gasteiger partial charge is 0.0943 e. The number of rotatable bonds is 5. The summed E-state index contributed by atoms with van der Waals surface area (Å²) in [6.07, 6.45) is 2.85. The lowest BCUT2D eigenvalue weighted by Gasteiger charge is -2.20. The lowest BCUT2D eigenvalue weighted by Crippen LogP contribution is -2.23. The van der Waals surface area contributed by atoms with Crippen LogP contribution in [-0.4, -0.2) is 11.5 Å². The number of thiazole rings is 1. The number of hydrogen-bond acceptors (Lipinski definition) is 3. The molecule has 0 saturated carbocycles. The van der Waals surface area contributed by atoms with Gasteiger partial charge in [0.1, 0.15) is 0 Å². The molecule has 1 aromatic carbocycles. The molecule has 2 nitrogen and oxygen atoms in total. The van der Waals surface area contributed by atoms with E-state index in [0.717, 1.165) is 13.0 Å². The summed E-state index contributed by atoms with van der Waals surface area (Å²) in [6, 6.07) is 7.03. The first kappa shape index (κ1) is 13.2. The van der Waals surface area contributed by atoms with E-state index in [2.05, 4.69) is 49.3 Å². The Hall–Kier alpha value is -1.19. The van der Waals surface area contributed by atoms with E-state index in [1.54, 1.807) is 11.3 Å². The van der Waals surface area contributed by atoms with E-state index in [0.29, 0.717) is 6.04 Å². The zero-order valence-electron chi connectivity index (χ0n) is 11.2. The average molecular weight is 260 g/mol. The van der Waals surface area contributed by atoms with Crippen molar-refractivity contribution in [2.75, 3.05) is 6.54 Å². The predicted octanol–water partition coefficient (Wildman–Crippen LogP) is 3.65. The Labute approximate surface area is 113 Å². The zero-order valence-corrected chi connectivity index (χ0v) is 12.1. The molecule has 0 fully saturated rings. The molecule has 0 aliphatic rings. The van der Waals surface area contributed by atoms with Crippen molar-refractivity contribution >= 4 is 11.3 Å². The second kappa shape index (κ2) is 6.12. The fourth-order valence-electron chi connectivity index (χ4n) is 2.20. The van der Waals surface area contributed by atoms with Gasteiger partial charge in [-0.25, -0.2) is 4.98 Å². The number of nitrogens with one attached hydrogen (secondary N) is 1. The van der Waals surface area contributed by atoms with E-state index in [9.17, 15) is 0 Å². The zero-order chi connectivity index (χ0) is 13.0. The molecule has 3 heteroatoms. The van der Waals surface area contributed by atoms with E-state index in [1.807, 2.05) is 11.6 Å². The Bertz CT molecular complexity index is 491. The van der Waals surface area contributed by atoms with Gasteiger partial charge in [0.05, 0.1) is 5.01 Å². The van der Waals surface area contributed by atoms with Crippen molar-refractivity contribution in [3.05, 3.63) is 51.5 Å². The van der Waals surface area contributed by atoms with Crippen molar-refractivity contribution in [2.45, 2.75) is 33.2 Å². The predicted molar refractivity (Wildman–Crippen MR) is 78.2 cm³/mol. The van der Waals surface area contributed by atoms with E-state index < -0.39 is 0 Å². The summed E-state index contributed by atoms with van der Waals surface area (Å²) < 4.78 is 0. The fraction of sp³-hybridized carbons (Fsp3) is 0.400. The quantitative estimate of drug-likeness (QED) is 0.887. The number of aryl methyl sites for hydroxylation is 2. The van der Waals surface area contributed by atoms with Crippen LogP contribution in [-0.2, 0) is 6.42 Å². The van der Waals surface area contributed by atoms with Crippen molar-refractivity contribution < 1.29 is 0 Å². The normalized spacial score (nSPS) is 12.6. The maximum Gasteiger partial charge on any atom is 0.0943 e. The number of benzene rings is 1. The van der Waals surface area contributed by atoms with Crippen LogP contribution in [0.1, 0.15) is 34.7 Å². The molecular weight excluding hydrogens is 240 g/mol. The Morgan fingerprint density at radius 2 is 2.17 bits per heavy atom. The topological polar surface area (TPSA) is 24.9 Å². The lowest BCUT2D eigenvalue weighted by atomic mass is 9.97. The third-order valence-corrected chi connectivity index (χ3v) is 3.92. The highest BCUT2D eigenvalue weighted by Crippen LogP contribution is 2.23. The van der Waals surface area contributed by atoms with Gasteiger partial charge in [-0.1, -0.05) is 30.7 Å². The molecule has 0 aliphatic heterocycles. The molecule has 1 N–H and O–H groups in total. The number of likely N-dealkylation sites (N-methyl/N-ethyl adjacent to an activating group) is 1.